The molecule has 0 aromatic rings. The molecule has 1 aliphatic carbocycles. The van der Waals surface area contributed by atoms with E-state index in [1.165, 1.54) is 0 Å². The fraction of sp³-hybridized carbons (Fsp3) is 0.750. The number of nitrogens with zero attached hydrogens (tertiary/aromatic N) is 2. The van der Waals surface area contributed by atoms with Gasteiger partial charge in [0.1, 0.15) is 6.23 Å². The first-order valence-corrected chi connectivity index (χ1v) is 9.87. The predicted octanol–water partition coefficient (Wildman–Crippen LogP) is 1.71. The van der Waals surface area contributed by atoms with Crippen LogP contribution in [0, 0.1) is 11.8 Å². The molecular weight excluding hydrogens is 332 g/mol. The molecule has 0 spiro atoms. The molecule has 2 N–H and O–H groups in total. The van der Waals surface area contributed by atoms with Crippen LogP contribution >= 0.6 is 0 Å². The molecule has 2 heterocycles. The van der Waals surface area contributed by atoms with Crippen LogP contribution in [0.2, 0.25) is 0 Å². The molecule has 2 saturated heterocycles. The van der Waals surface area contributed by atoms with Gasteiger partial charge in [0.25, 0.3) is 0 Å². The third-order valence-electron chi connectivity index (χ3n) is 6.24. The molecule has 2 fully saturated rings. The standard InChI is InChI=1S/C20H32N2O4/c1-26-17-8-11-21(12-9-17)13-14-22-10-2-3-18(19(22)23)15-4-6-16(7-5-15)20(24)25/h4,6-7,15,17-19,23H,2-3,5,8-14H2,1H3,(H,24,25). The maximum atomic E-state index is 11.0. The minimum atomic E-state index is -0.872. The summed E-state index contributed by atoms with van der Waals surface area (Å²) in [4.78, 5) is 15.7. The first-order chi connectivity index (χ1) is 12.6. The molecule has 3 unspecified atom stereocenters. The highest BCUT2D eigenvalue weighted by atomic mass is 16.5. The van der Waals surface area contributed by atoms with E-state index < -0.39 is 12.2 Å². The van der Waals surface area contributed by atoms with Gasteiger partial charge in [-0.25, -0.2) is 4.79 Å². The van der Waals surface area contributed by atoms with Gasteiger partial charge in [-0.15, -0.1) is 0 Å². The maximum absolute atomic E-state index is 11.0. The maximum Gasteiger partial charge on any atom is 0.335 e. The van der Waals surface area contributed by atoms with Gasteiger partial charge in [-0.3, -0.25) is 4.90 Å². The van der Waals surface area contributed by atoms with E-state index in [0.717, 1.165) is 58.4 Å². The van der Waals surface area contributed by atoms with Crippen LogP contribution in [0.4, 0.5) is 0 Å². The number of ether oxygens (including phenoxy) is 1. The summed E-state index contributed by atoms with van der Waals surface area (Å²) in [6.45, 7) is 4.96. The number of aliphatic carboxylic acids is 1. The van der Waals surface area contributed by atoms with Crippen molar-refractivity contribution in [1.29, 1.82) is 0 Å². The smallest absolute Gasteiger partial charge is 0.335 e. The zero-order chi connectivity index (χ0) is 18.5. The fourth-order valence-electron chi connectivity index (χ4n) is 4.51. The molecule has 0 bridgehead atoms. The van der Waals surface area contributed by atoms with Crippen molar-refractivity contribution in [2.45, 2.75) is 44.4 Å². The zero-order valence-electron chi connectivity index (χ0n) is 15.7. The van der Waals surface area contributed by atoms with E-state index in [0.29, 0.717) is 18.1 Å². The molecule has 0 saturated carbocycles. The number of allylic oxidation sites excluding steroid dienone is 2. The molecule has 2 aliphatic heterocycles. The Kier molecular flexibility index (Phi) is 6.86. The highest BCUT2D eigenvalue weighted by molar-refractivity contribution is 5.90. The first kappa shape index (κ1) is 19.5. The van der Waals surface area contributed by atoms with Crippen molar-refractivity contribution in [3.05, 3.63) is 23.8 Å². The van der Waals surface area contributed by atoms with Crippen molar-refractivity contribution in [2.75, 3.05) is 39.8 Å². The number of hydrogen-bond acceptors (Lipinski definition) is 5. The molecule has 6 heteroatoms. The number of rotatable bonds is 6. The van der Waals surface area contributed by atoms with Crippen LogP contribution in [0.1, 0.15) is 32.1 Å². The second kappa shape index (κ2) is 9.13. The van der Waals surface area contributed by atoms with E-state index in [9.17, 15) is 9.90 Å². The van der Waals surface area contributed by atoms with Gasteiger partial charge in [0.15, 0.2) is 0 Å². The van der Waals surface area contributed by atoms with Gasteiger partial charge < -0.3 is 19.8 Å². The highest BCUT2D eigenvalue weighted by Gasteiger charge is 2.34. The monoisotopic (exact) mass is 364 g/mol. The Morgan fingerprint density at radius 1 is 1.23 bits per heavy atom. The molecule has 3 aliphatic rings. The van der Waals surface area contributed by atoms with E-state index in [1.807, 2.05) is 6.08 Å². The summed E-state index contributed by atoms with van der Waals surface area (Å²) in [6, 6.07) is 0. The molecule has 6 nitrogen and oxygen atoms in total. The van der Waals surface area contributed by atoms with Crippen LogP contribution in [-0.2, 0) is 9.53 Å². The fourth-order valence-corrected chi connectivity index (χ4v) is 4.51. The van der Waals surface area contributed by atoms with Gasteiger partial charge in [-0.05, 0) is 38.0 Å². The predicted molar refractivity (Wildman–Crippen MR) is 99.7 cm³/mol. The van der Waals surface area contributed by atoms with Crippen LogP contribution in [0.5, 0.6) is 0 Å². The second-order valence-electron chi connectivity index (χ2n) is 7.76. The SMILES string of the molecule is COC1CCN(CCN2CCCC(C3C=CC(C(=O)O)=CC3)C2O)CC1. The number of likely N-dealkylation sites (tertiary alicyclic amines) is 2. The topological polar surface area (TPSA) is 73.2 Å². The molecular formula is C20H32N2O4. The second-order valence-corrected chi connectivity index (χ2v) is 7.76. The number of carboxylic acids is 1. The average molecular weight is 364 g/mol. The number of carbonyl (C=O) groups is 1. The number of carboxylic acid groups (broad SMARTS) is 1. The summed E-state index contributed by atoms with van der Waals surface area (Å²) >= 11 is 0. The molecule has 3 atom stereocenters. The van der Waals surface area contributed by atoms with E-state index >= 15 is 0 Å². The summed E-state index contributed by atoms with van der Waals surface area (Å²) < 4.78 is 5.43. The van der Waals surface area contributed by atoms with Crippen molar-refractivity contribution in [3.8, 4) is 0 Å². The van der Waals surface area contributed by atoms with Crippen LogP contribution in [0.15, 0.2) is 23.8 Å². The van der Waals surface area contributed by atoms with Crippen molar-refractivity contribution in [1.82, 2.24) is 9.80 Å². The lowest BCUT2D eigenvalue weighted by atomic mass is 9.79. The van der Waals surface area contributed by atoms with Gasteiger partial charge in [0.05, 0.1) is 11.7 Å². The van der Waals surface area contributed by atoms with E-state index in [-0.39, 0.29) is 11.8 Å². The van der Waals surface area contributed by atoms with Crippen molar-refractivity contribution < 1.29 is 19.7 Å². The van der Waals surface area contributed by atoms with Crippen LogP contribution in [0.25, 0.3) is 0 Å². The quantitative estimate of drug-likeness (QED) is 0.748. The molecule has 0 aromatic carbocycles. The minimum absolute atomic E-state index is 0.186. The number of hydrogen-bond donors (Lipinski definition) is 2. The Hall–Kier alpha value is -1.21. The summed E-state index contributed by atoms with van der Waals surface area (Å²) in [5.41, 5.74) is 0.364. The Labute approximate surface area is 156 Å². The van der Waals surface area contributed by atoms with Crippen LogP contribution in [-0.4, -0.2) is 78.1 Å². The number of piperidine rings is 2. The van der Waals surface area contributed by atoms with Crippen LogP contribution in [0.3, 0.4) is 0 Å². The minimum Gasteiger partial charge on any atom is -0.478 e. The molecule has 146 valence electrons. The van der Waals surface area contributed by atoms with Gasteiger partial charge in [-0.1, -0.05) is 18.2 Å². The van der Waals surface area contributed by atoms with Crippen molar-refractivity contribution >= 4 is 5.97 Å². The van der Waals surface area contributed by atoms with Gasteiger partial charge in [0.2, 0.25) is 0 Å². The number of aliphatic hydroxyl groups excluding tert-OH is 1. The van der Waals surface area contributed by atoms with E-state index in [1.54, 1.807) is 19.3 Å². The normalized spacial score (nSPS) is 31.8. The molecule has 3 rings (SSSR count). The lowest BCUT2D eigenvalue weighted by Gasteiger charge is -2.42. The Morgan fingerprint density at radius 3 is 2.62 bits per heavy atom. The Morgan fingerprint density at radius 2 is 2.00 bits per heavy atom. The number of methoxy groups -OCH3 is 1. The third kappa shape index (κ3) is 4.74. The van der Waals surface area contributed by atoms with Crippen molar-refractivity contribution in [3.63, 3.8) is 0 Å². The zero-order valence-corrected chi connectivity index (χ0v) is 15.7. The molecule has 0 amide bonds. The van der Waals surface area contributed by atoms with Gasteiger partial charge >= 0.3 is 5.97 Å². The summed E-state index contributed by atoms with van der Waals surface area (Å²) in [7, 11) is 1.79. The summed E-state index contributed by atoms with van der Waals surface area (Å²) in [6.07, 6.45) is 10.4. The Bertz CT molecular complexity index is 540. The van der Waals surface area contributed by atoms with Crippen LogP contribution < -0.4 is 0 Å². The first-order valence-electron chi connectivity index (χ1n) is 9.87. The van der Waals surface area contributed by atoms with E-state index in [2.05, 4.69) is 9.80 Å². The molecule has 0 aromatic heterocycles. The lowest BCUT2D eigenvalue weighted by molar-refractivity contribution is -0.132. The third-order valence-corrected chi connectivity index (χ3v) is 6.24. The average Bonchev–Trinajstić information content (AvgIpc) is 2.67. The Balaban J connectivity index is 1.48. The van der Waals surface area contributed by atoms with Gasteiger partial charge in [-0.2, -0.15) is 0 Å². The molecule has 0 radical (unpaired) electrons. The lowest BCUT2D eigenvalue weighted by Crippen LogP contribution is -2.50. The summed E-state index contributed by atoms with van der Waals surface area (Å²) in [5.74, 6) is -0.457. The summed E-state index contributed by atoms with van der Waals surface area (Å²) in [5, 5.41) is 19.9. The number of aliphatic hydroxyl groups is 1. The van der Waals surface area contributed by atoms with Gasteiger partial charge in [0, 0.05) is 45.8 Å². The molecule has 26 heavy (non-hydrogen) atoms. The largest absolute Gasteiger partial charge is 0.478 e. The van der Waals surface area contributed by atoms with E-state index in [4.69, 9.17) is 9.84 Å². The van der Waals surface area contributed by atoms with Crippen molar-refractivity contribution in [2.24, 2.45) is 11.8 Å². The highest BCUT2D eigenvalue weighted by Crippen LogP contribution is 2.34.